The molecule has 158 valence electrons. The lowest BCUT2D eigenvalue weighted by molar-refractivity contribution is 0.414. The fourth-order valence-electron chi connectivity index (χ4n) is 4.12. The van der Waals surface area contributed by atoms with Gasteiger partial charge >= 0.3 is 0 Å². The molecular formula is C22H21FN6O2. The molecule has 1 unspecified atom stereocenters. The Kier molecular flexibility index (Phi) is 4.65. The smallest absolute Gasteiger partial charge is 0.248 e. The van der Waals surface area contributed by atoms with E-state index in [1.807, 2.05) is 18.5 Å². The van der Waals surface area contributed by atoms with E-state index in [1.54, 1.807) is 30.5 Å². The number of pyridine rings is 1. The molecule has 0 saturated carbocycles. The maximum absolute atomic E-state index is 14.3. The van der Waals surface area contributed by atoms with Crippen LogP contribution in [-0.2, 0) is 7.05 Å². The van der Waals surface area contributed by atoms with E-state index in [1.165, 1.54) is 12.1 Å². The number of aryl methyl sites for hydroxylation is 1. The van der Waals surface area contributed by atoms with Crippen molar-refractivity contribution in [3.05, 3.63) is 70.0 Å². The van der Waals surface area contributed by atoms with Gasteiger partial charge in [-0.1, -0.05) is 16.8 Å². The fraction of sp³-hybridized carbons (Fsp3) is 0.273. The number of halogens is 1. The van der Waals surface area contributed by atoms with Gasteiger partial charge in [-0.25, -0.2) is 4.39 Å². The molecule has 0 bridgehead atoms. The number of hydrogen-bond acceptors (Lipinski definition) is 6. The highest BCUT2D eigenvalue weighted by atomic mass is 19.1. The Bertz CT molecular complexity index is 1310. The lowest BCUT2D eigenvalue weighted by atomic mass is 10.1. The molecular weight excluding hydrogens is 399 g/mol. The van der Waals surface area contributed by atoms with Crippen molar-refractivity contribution < 1.29 is 8.91 Å². The molecule has 1 atom stereocenters. The van der Waals surface area contributed by atoms with Gasteiger partial charge in [-0.15, -0.1) is 10.2 Å². The van der Waals surface area contributed by atoms with Gasteiger partial charge < -0.3 is 14.4 Å². The van der Waals surface area contributed by atoms with Crippen molar-refractivity contribution in [2.75, 3.05) is 11.4 Å². The molecule has 1 aliphatic heterocycles. The topological polar surface area (TPSA) is 92.8 Å². The zero-order chi connectivity index (χ0) is 21.5. The van der Waals surface area contributed by atoms with E-state index in [-0.39, 0.29) is 17.4 Å². The monoisotopic (exact) mass is 420 g/mol. The highest BCUT2D eigenvalue weighted by molar-refractivity contribution is 5.60. The Morgan fingerprint density at radius 2 is 2.06 bits per heavy atom. The summed E-state index contributed by atoms with van der Waals surface area (Å²) in [6.45, 7) is 2.69. The van der Waals surface area contributed by atoms with Gasteiger partial charge in [0.05, 0.1) is 11.6 Å². The normalized spacial score (nSPS) is 16.2. The van der Waals surface area contributed by atoms with Gasteiger partial charge in [-0.05, 0) is 38.0 Å². The number of anilines is 1. The molecule has 0 spiro atoms. The first-order valence-electron chi connectivity index (χ1n) is 10.1. The highest BCUT2D eigenvalue weighted by Crippen LogP contribution is 2.37. The predicted octanol–water partition coefficient (Wildman–Crippen LogP) is 3.61. The molecule has 8 nitrogen and oxygen atoms in total. The first-order chi connectivity index (χ1) is 15.0. The van der Waals surface area contributed by atoms with Crippen LogP contribution >= 0.6 is 0 Å². The van der Waals surface area contributed by atoms with Gasteiger partial charge in [0.15, 0.2) is 11.6 Å². The minimum Gasteiger partial charge on any atom is -0.356 e. The molecule has 0 amide bonds. The van der Waals surface area contributed by atoms with Gasteiger partial charge in [0.25, 0.3) is 0 Å². The molecule has 3 aromatic heterocycles. The maximum Gasteiger partial charge on any atom is 0.248 e. The molecule has 5 rings (SSSR count). The van der Waals surface area contributed by atoms with Crippen LogP contribution in [-0.4, -0.2) is 31.4 Å². The molecule has 4 aromatic rings. The van der Waals surface area contributed by atoms with Gasteiger partial charge in [-0.3, -0.25) is 9.36 Å². The maximum atomic E-state index is 14.3. The summed E-state index contributed by atoms with van der Waals surface area (Å²) < 4.78 is 21.7. The molecule has 1 N–H and O–H groups in total. The number of rotatable bonds is 4. The van der Waals surface area contributed by atoms with Gasteiger partial charge in [0.1, 0.15) is 11.5 Å². The van der Waals surface area contributed by atoms with E-state index in [0.29, 0.717) is 28.7 Å². The van der Waals surface area contributed by atoms with Crippen LogP contribution in [0.15, 0.2) is 51.9 Å². The van der Waals surface area contributed by atoms with Crippen LogP contribution in [0, 0.1) is 12.7 Å². The van der Waals surface area contributed by atoms with Crippen molar-refractivity contribution >= 4 is 5.95 Å². The molecule has 1 fully saturated rings. The second kappa shape index (κ2) is 7.50. The zero-order valence-electron chi connectivity index (χ0n) is 17.2. The van der Waals surface area contributed by atoms with Crippen LogP contribution in [0.25, 0.3) is 22.7 Å². The summed E-state index contributed by atoms with van der Waals surface area (Å²) in [6.07, 6.45) is 3.42. The molecule has 0 aliphatic carbocycles. The van der Waals surface area contributed by atoms with E-state index in [0.717, 1.165) is 30.6 Å². The third kappa shape index (κ3) is 3.41. The molecule has 1 saturated heterocycles. The number of benzene rings is 1. The Balaban J connectivity index is 1.47. The van der Waals surface area contributed by atoms with Crippen LogP contribution in [0.1, 0.15) is 30.1 Å². The van der Waals surface area contributed by atoms with Crippen LogP contribution in [0.2, 0.25) is 0 Å². The third-order valence-corrected chi connectivity index (χ3v) is 5.65. The number of aromatic amines is 1. The molecule has 1 aromatic carbocycles. The second-order valence-electron chi connectivity index (χ2n) is 7.77. The summed E-state index contributed by atoms with van der Waals surface area (Å²) in [5, 5.41) is 12.9. The van der Waals surface area contributed by atoms with Gasteiger partial charge in [0, 0.05) is 37.5 Å². The molecule has 31 heavy (non-hydrogen) atoms. The lowest BCUT2D eigenvalue weighted by Gasteiger charge is -2.23. The minimum atomic E-state index is -0.340. The van der Waals surface area contributed by atoms with E-state index in [2.05, 4.69) is 25.2 Å². The summed E-state index contributed by atoms with van der Waals surface area (Å²) in [5.74, 6) is 1.36. The summed E-state index contributed by atoms with van der Waals surface area (Å²) >= 11 is 0. The van der Waals surface area contributed by atoms with E-state index in [9.17, 15) is 9.18 Å². The second-order valence-corrected chi connectivity index (χ2v) is 7.77. The minimum absolute atomic E-state index is 0.0553. The first kappa shape index (κ1) is 19.2. The average Bonchev–Trinajstić information content (AvgIpc) is 3.48. The molecule has 1 aliphatic rings. The first-order valence-corrected chi connectivity index (χ1v) is 10.1. The van der Waals surface area contributed by atoms with E-state index >= 15 is 0 Å². The standard InChI is InChI=1S/C22H21FN6O2/c1-13-5-6-16(23)15(10-13)19-12-17(27-31-19)18-4-3-9-29(18)22-26-25-21(28(22)2)14-7-8-24-20(30)11-14/h5-8,10-12,18H,3-4,9H2,1-2H3,(H,24,30). The Hall–Kier alpha value is -3.75. The summed E-state index contributed by atoms with van der Waals surface area (Å²) in [6, 6.07) is 9.94. The lowest BCUT2D eigenvalue weighted by Crippen LogP contribution is -2.25. The summed E-state index contributed by atoms with van der Waals surface area (Å²) in [4.78, 5) is 16.4. The van der Waals surface area contributed by atoms with Crippen molar-refractivity contribution in [1.82, 2.24) is 24.9 Å². The van der Waals surface area contributed by atoms with E-state index in [4.69, 9.17) is 4.52 Å². The van der Waals surface area contributed by atoms with Crippen molar-refractivity contribution in [1.29, 1.82) is 0 Å². The zero-order valence-corrected chi connectivity index (χ0v) is 17.2. The SMILES string of the molecule is Cc1ccc(F)c(-c2cc(C3CCCN3c3nnc(-c4cc[nH]c(=O)c4)n3C)no2)c1. The Morgan fingerprint density at radius 1 is 1.19 bits per heavy atom. The quantitative estimate of drug-likeness (QED) is 0.542. The molecule has 9 heteroatoms. The van der Waals surface area contributed by atoms with Crippen LogP contribution in [0.3, 0.4) is 0 Å². The van der Waals surface area contributed by atoms with Gasteiger partial charge in [0.2, 0.25) is 11.5 Å². The average molecular weight is 420 g/mol. The van der Waals surface area contributed by atoms with Crippen LogP contribution in [0.5, 0.6) is 0 Å². The molecule has 0 radical (unpaired) electrons. The summed E-state index contributed by atoms with van der Waals surface area (Å²) in [7, 11) is 1.87. The molecule has 4 heterocycles. The van der Waals surface area contributed by atoms with Gasteiger partial charge in [-0.2, -0.15) is 0 Å². The number of hydrogen-bond donors (Lipinski definition) is 1. The van der Waals surface area contributed by atoms with Crippen molar-refractivity contribution in [2.45, 2.75) is 25.8 Å². The number of nitrogens with one attached hydrogen (secondary N) is 1. The van der Waals surface area contributed by atoms with Crippen LogP contribution < -0.4 is 10.5 Å². The number of H-pyrrole nitrogens is 1. The number of nitrogens with zero attached hydrogens (tertiary/aromatic N) is 5. The van der Waals surface area contributed by atoms with Crippen molar-refractivity contribution in [2.24, 2.45) is 7.05 Å². The Morgan fingerprint density at radius 3 is 2.90 bits per heavy atom. The highest BCUT2D eigenvalue weighted by Gasteiger charge is 2.32. The van der Waals surface area contributed by atoms with Crippen molar-refractivity contribution in [3.8, 4) is 22.7 Å². The fourth-order valence-corrected chi connectivity index (χ4v) is 4.12. The van der Waals surface area contributed by atoms with E-state index < -0.39 is 0 Å². The largest absolute Gasteiger partial charge is 0.356 e. The number of aromatic nitrogens is 5. The van der Waals surface area contributed by atoms with Crippen LogP contribution in [0.4, 0.5) is 10.3 Å². The summed E-state index contributed by atoms with van der Waals surface area (Å²) in [5.41, 5.74) is 2.58. The predicted molar refractivity (Wildman–Crippen MR) is 113 cm³/mol. The van der Waals surface area contributed by atoms with Crippen molar-refractivity contribution in [3.63, 3.8) is 0 Å². The third-order valence-electron chi connectivity index (χ3n) is 5.65. The Labute approximate surface area is 177 Å².